The van der Waals surface area contributed by atoms with Crippen LogP contribution in [0.5, 0.6) is 0 Å². The Morgan fingerprint density at radius 3 is 3.00 bits per heavy atom. The lowest BCUT2D eigenvalue weighted by atomic mass is 10.3. The molecule has 96 valence electrons. The van der Waals surface area contributed by atoms with Crippen LogP contribution in [0.15, 0.2) is 30.5 Å². The first-order valence-corrected chi connectivity index (χ1v) is 5.66. The second-order valence-corrected chi connectivity index (χ2v) is 3.71. The highest BCUT2D eigenvalue weighted by atomic mass is 16.2. The Hall–Kier alpha value is -2.65. The van der Waals surface area contributed by atoms with Gasteiger partial charge in [0.1, 0.15) is 17.2 Å². The van der Waals surface area contributed by atoms with Crippen molar-refractivity contribution in [3.63, 3.8) is 0 Å². The second kappa shape index (κ2) is 5.80. The van der Waals surface area contributed by atoms with Crippen molar-refractivity contribution in [3.8, 4) is 11.8 Å². The minimum Gasteiger partial charge on any atom is -0.320 e. The first kappa shape index (κ1) is 12.8. The number of carbonyl (C=O) groups excluding carboxylic acids is 1. The number of amides is 1. The molecule has 2 aromatic heterocycles. The summed E-state index contributed by atoms with van der Waals surface area (Å²) in [4.78, 5) is 16.2. The van der Waals surface area contributed by atoms with E-state index >= 15 is 0 Å². The third-order valence-electron chi connectivity index (χ3n) is 2.36. The van der Waals surface area contributed by atoms with Crippen molar-refractivity contribution in [2.75, 3.05) is 11.9 Å². The Bertz CT molecular complexity index is 650. The average molecular weight is 255 g/mol. The number of rotatable bonds is 2. The van der Waals surface area contributed by atoms with Gasteiger partial charge in [-0.3, -0.25) is 9.48 Å². The summed E-state index contributed by atoms with van der Waals surface area (Å²) in [6.45, 7) is 0.271. The van der Waals surface area contributed by atoms with Crippen molar-refractivity contribution >= 4 is 11.7 Å². The van der Waals surface area contributed by atoms with Crippen molar-refractivity contribution < 1.29 is 4.79 Å². The Labute approximate surface area is 110 Å². The molecule has 0 radical (unpaired) electrons. The molecule has 0 aromatic carbocycles. The van der Waals surface area contributed by atoms with E-state index in [2.05, 4.69) is 27.2 Å². The van der Waals surface area contributed by atoms with E-state index in [1.807, 2.05) is 0 Å². The van der Waals surface area contributed by atoms with Crippen molar-refractivity contribution in [1.29, 1.82) is 0 Å². The van der Waals surface area contributed by atoms with E-state index in [0.717, 1.165) is 0 Å². The van der Waals surface area contributed by atoms with Gasteiger partial charge in [0.2, 0.25) is 0 Å². The van der Waals surface area contributed by atoms with Crippen molar-refractivity contribution in [2.24, 2.45) is 12.8 Å². The minimum absolute atomic E-state index is 0.267. The number of pyridine rings is 1. The van der Waals surface area contributed by atoms with Gasteiger partial charge in [0, 0.05) is 13.2 Å². The predicted octanol–water partition coefficient (Wildman–Crippen LogP) is 0.378. The maximum absolute atomic E-state index is 12.0. The molecule has 2 aromatic rings. The highest BCUT2D eigenvalue weighted by molar-refractivity contribution is 6.02. The molecule has 3 N–H and O–H groups in total. The zero-order valence-electron chi connectivity index (χ0n) is 10.4. The molecule has 2 heterocycles. The Morgan fingerprint density at radius 2 is 2.32 bits per heavy atom. The summed E-state index contributed by atoms with van der Waals surface area (Å²) < 4.78 is 1.49. The Morgan fingerprint density at radius 1 is 1.47 bits per heavy atom. The monoisotopic (exact) mass is 255 g/mol. The lowest BCUT2D eigenvalue weighted by Crippen LogP contribution is -2.16. The van der Waals surface area contributed by atoms with Gasteiger partial charge in [-0.15, -0.1) is 0 Å². The third kappa shape index (κ3) is 3.18. The van der Waals surface area contributed by atoms with E-state index in [0.29, 0.717) is 17.2 Å². The van der Waals surface area contributed by atoms with Crippen LogP contribution in [0.3, 0.4) is 0 Å². The second-order valence-electron chi connectivity index (χ2n) is 3.71. The molecule has 0 atom stereocenters. The summed E-state index contributed by atoms with van der Waals surface area (Å²) in [5, 5.41) is 6.63. The third-order valence-corrected chi connectivity index (χ3v) is 2.36. The number of nitrogens with two attached hydrogens (primary N) is 1. The van der Waals surface area contributed by atoms with Gasteiger partial charge < -0.3 is 11.1 Å². The van der Waals surface area contributed by atoms with Gasteiger partial charge in [-0.1, -0.05) is 12.0 Å². The van der Waals surface area contributed by atoms with Crippen LogP contribution in [-0.2, 0) is 7.05 Å². The minimum atomic E-state index is -0.267. The van der Waals surface area contributed by atoms with Crippen LogP contribution in [0, 0.1) is 11.8 Å². The summed E-state index contributed by atoms with van der Waals surface area (Å²) in [5.74, 6) is 5.69. The standard InChI is InChI=1S/C13H13N5O/c1-18-11(7-9-15-18)13(19)17-12-6-2-4-10(16-12)5-3-8-14/h2,4,6-7,9H,8,14H2,1H3,(H,16,17,19). The Balaban J connectivity index is 2.15. The highest BCUT2D eigenvalue weighted by Crippen LogP contribution is 2.06. The predicted molar refractivity (Wildman–Crippen MR) is 71.3 cm³/mol. The molecule has 0 saturated carbocycles. The first-order chi connectivity index (χ1) is 9.20. The molecule has 19 heavy (non-hydrogen) atoms. The number of aryl methyl sites for hydroxylation is 1. The number of nitrogens with one attached hydrogen (secondary N) is 1. The summed E-state index contributed by atoms with van der Waals surface area (Å²) in [7, 11) is 1.70. The molecule has 0 spiro atoms. The fourth-order valence-electron chi connectivity index (χ4n) is 1.49. The lowest BCUT2D eigenvalue weighted by molar-refractivity contribution is 0.101. The van der Waals surface area contributed by atoms with Crippen LogP contribution in [0.4, 0.5) is 5.82 Å². The van der Waals surface area contributed by atoms with Crippen LogP contribution >= 0.6 is 0 Å². The molecule has 0 aliphatic rings. The van der Waals surface area contributed by atoms with Gasteiger partial charge >= 0.3 is 0 Å². The molecular formula is C13H13N5O. The van der Waals surface area contributed by atoms with E-state index in [1.54, 1.807) is 37.5 Å². The number of carbonyl (C=O) groups is 1. The topological polar surface area (TPSA) is 85.8 Å². The fraction of sp³-hybridized carbons (Fsp3) is 0.154. The van der Waals surface area contributed by atoms with Crippen LogP contribution in [0.1, 0.15) is 16.2 Å². The van der Waals surface area contributed by atoms with E-state index < -0.39 is 0 Å². The zero-order chi connectivity index (χ0) is 13.7. The van der Waals surface area contributed by atoms with E-state index in [-0.39, 0.29) is 12.5 Å². The summed E-state index contributed by atoms with van der Waals surface area (Å²) in [6, 6.07) is 6.85. The van der Waals surface area contributed by atoms with Gasteiger partial charge in [0.05, 0.1) is 6.54 Å². The van der Waals surface area contributed by atoms with E-state index in [1.165, 1.54) is 4.68 Å². The molecule has 0 bridgehead atoms. The van der Waals surface area contributed by atoms with Crippen LogP contribution in [-0.4, -0.2) is 27.2 Å². The molecule has 0 saturated heterocycles. The maximum Gasteiger partial charge on any atom is 0.275 e. The normalized spacial score (nSPS) is 9.58. The largest absolute Gasteiger partial charge is 0.320 e. The average Bonchev–Trinajstić information content (AvgIpc) is 2.83. The van der Waals surface area contributed by atoms with E-state index in [4.69, 9.17) is 5.73 Å². The highest BCUT2D eigenvalue weighted by Gasteiger charge is 2.10. The van der Waals surface area contributed by atoms with Crippen LogP contribution in [0.2, 0.25) is 0 Å². The number of hydrogen-bond acceptors (Lipinski definition) is 4. The molecule has 0 fully saturated rings. The Kier molecular flexibility index (Phi) is 3.90. The number of anilines is 1. The number of nitrogens with zero attached hydrogens (tertiary/aromatic N) is 3. The van der Waals surface area contributed by atoms with Gasteiger partial charge in [-0.2, -0.15) is 5.10 Å². The SMILES string of the molecule is Cn1nccc1C(=O)Nc1cccc(C#CCN)n1. The van der Waals surface area contributed by atoms with Crippen molar-refractivity contribution in [1.82, 2.24) is 14.8 Å². The fourth-order valence-corrected chi connectivity index (χ4v) is 1.49. The van der Waals surface area contributed by atoms with Crippen LogP contribution in [0.25, 0.3) is 0 Å². The van der Waals surface area contributed by atoms with Gasteiger partial charge in [0.15, 0.2) is 0 Å². The molecule has 6 nitrogen and oxygen atoms in total. The maximum atomic E-state index is 12.0. The molecule has 0 aliphatic heterocycles. The molecule has 6 heteroatoms. The molecule has 0 unspecified atom stereocenters. The number of aromatic nitrogens is 3. The van der Waals surface area contributed by atoms with Crippen molar-refractivity contribution in [2.45, 2.75) is 0 Å². The molecular weight excluding hydrogens is 242 g/mol. The van der Waals surface area contributed by atoms with Gasteiger partial charge in [-0.05, 0) is 24.1 Å². The quantitative estimate of drug-likeness (QED) is 0.759. The zero-order valence-corrected chi connectivity index (χ0v) is 10.4. The molecule has 0 aliphatic carbocycles. The summed E-state index contributed by atoms with van der Waals surface area (Å²) >= 11 is 0. The van der Waals surface area contributed by atoms with E-state index in [9.17, 15) is 4.79 Å². The summed E-state index contributed by atoms with van der Waals surface area (Å²) in [5.41, 5.74) is 6.32. The lowest BCUT2D eigenvalue weighted by Gasteiger charge is -2.04. The molecule has 2 rings (SSSR count). The smallest absolute Gasteiger partial charge is 0.275 e. The van der Waals surface area contributed by atoms with Crippen molar-refractivity contribution in [3.05, 3.63) is 41.9 Å². The molecule has 1 amide bonds. The van der Waals surface area contributed by atoms with Gasteiger partial charge in [0.25, 0.3) is 5.91 Å². The first-order valence-electron chi connectivity index (χ1n) is 5.66. The van der Waals surface area contributed by atoms with Gasteiger partial charge in [-0.25, -0.2) is 4.98 Å². The summed E-state index contributed by atoms with van der Waals surface area (Å²) in [6.07, 6.45) is 1.56. The van der Waals surface area contributed by atoms with Crippen LogP contribution < -0.4 is 11.1 Å². The number of hydrogen-bond donors (Lipinski definition) is 2.